The maximum absolute atomic E-state index is 12.4. The van der Waals surface area contributed by atoms with E-state index < -0.39 is 23.6 Å². The number of nitrogens with zero attached hydrogens (tertiary/aromatic N) is 2. The monoisotopic (exact) mass is 341 g/mol. The zero-order valence-electron chi connectivity index (χ0n) is 10.4. The number of anilines is 2. The highest BCUT2D eigenvalue weighted by Crippen LogP contribution is 2.33. The van der Waals surface area contributed by atoms with Gasteiger partial charge in [0.05, 0.1) is 22.5 Å². The van der Waals surface area contributed by atoms with Gasteiger partial charge in [-0.15, -0.1) is 0 Å². The fourth-order valence-electron chi connectivity index (χ4n) is 1.46. The number of hydrogen-bond acceptors (Lipinski definition) is 3. The lowest BCUT2D eigenvalue weighted by Gasteiger charge is -2.11. The lowest BCUT2D eigenvalue weighted by molar-refractivity contribution is -0.141. The summed E-state index contributed by atoms with van der Waals surface area (Å²) >= 11 is 5.66. The van der Waals surface area contributed by atoms with Gasteiger partial charge in [0.15, 0.2) is 0 Å². The molecule has 0 aromatic carbocycles. The van der Waals surface area contributed by atoms with E-state index in [1.807, 2.05) is 0 Å². The van der Waals surface area contributed by atoms with Crippen molar-refractivity contribution in [3.8, 4) is 0 Å². The number of aromatic nitrogens is 2. The molecule has 118 valence electrons. The van der Waals surface area contributed by atoms with Crippen molar-refractivity contribution in [1.29, 1.82) is 0 Å². The minimum absolute atomic E-state index is 0.0992. The van der Waals surface area contributed by atoms with Crippen molar-refractivity contribution >= 4 is 23.1 Å². The summed E-state index contributed by atoms with van der Waals surface area (Å²) in [5.74, 6) is -0.128. The first-order valence-corrected chi connectivity index (χ1v) is 5.98. The Morgan fingerprint density at radius 2 is 1.59 bits per heavy atom. The molecule has 0 saturated heterocycles. The summed E-state index contributed by atoms with van der Waals surface area (Å²) in [6.45, 7) is 0. The van der Waals surface area contributed by atoms with Gasteiger partial charge >= 0.3 is 12.4 Å². The molecular weight excluding hydrogens is 336 g/mol. The second-order valence-electron chi connectivity index (χ2n) is 4.11. The molecule has 3 nitrogen and oxygen atoms in total. The van der Waals surface area contributed by atoms with Gasteiger partial charge in [-0.1, -0.05) is 11.6 Å². The molecule has 0 aliphatic rings. The molecule has 0 radical (unpaired) electrons. The molecule has 0 spiro atoms. The first-order valence-electron chi connectivity index (χ1n) is 5.60. The van der Waals surface area contributed by atoms with Gasteiger partial charge in [0.2, 0.25) is 0 Å². The number of rotatable bonds is 2. The van der Waals surface area contributed by atoms with Crippen LogP contribution in [0.2, 0.25) is 5.02 Å². The maximum Gasteiger partial charge on any atom is 0.433 e. The molecule has 0 unspecified atom stereocenters. The van der Waals surface area contributed by atoms with E-state index in [0.29, 0.717) is 12.3 Å². The van der Waals surface area contributed by atoms with Crippen LogP contribution in [0.15, 0.2) is 30.6 Å². The molecule has 0 saturated carbocycles. The van der Waals surface area contributed by atoms with Crippen LogP contribution in [0.4, 0.5) is 37.8 Å². The molecule has 10 heteroatoms. The van der Waals surface area contributed by atoms with Gasteiger partial charge in [-0.05, 0) is 18.2 Å². The predicted octanol–water partition coefficient (Wildman–Crippen LogP) is 4.91. The Morgan fingerprint density at radius 3 is 2.05 bits per heavy atom. The number of halogens is 7. The quantitative estimate of drug-likeness (QED) is 0.789. The third kappa shape index (κ3) is 3.79. The highest BCUT2D eigenvalue weighted by molar-refractivity contribution is 6.33. The van der Waals surface area contributed by atoms with E-state index in [2.05, 4.69) is 15.3 Å². The van der Waals surface area contributed by atoms with E-state index >= 15 is 0 Å². The summed E-state index contributed by atoms with van der Waals surface area (Å²) in [7, 11) is 0. The predicted molar refractivity (Wildman–Crippen MR) is 66.8 cm³/mol. The molecule has 1 N–H and O–H groups in total. The van der Waals surface area contributed by atoms with Crippen molar-refractivity contribution in [1.82, 2.24) is 9.97 Å². The molecule has 0 atom stereocenters. The van der Waals surface area contributed by atoms with Crippen molar-refractivity contribution in [3.05, 3.63) is 46.9 Å². The Bertz CT molecular complexity index is 666. The number of alkyl halides is 6. The van der Waals surface area contributed by atoms with Gasteiger partial charge in [0.1, 0.15) is 11.5 Å². The summed E-state index contributed by atoms with van der Waals surface area (Å²) in [5.41, 5.74) is -2.03. The van der Waals surface area contributed by atoms with Crippen LogP contribution < -0.4 is 5.32 Å². The Balaban J connectivity index is 2.21. The Morgan fingerprint density at radius 1 is 0.909 bits per heavy atom. The number of nitrogens with one attached hydrogen (secondary N) is 1. The molecule has 2 rings (SSSR count). The van der Waals surface area contributed by atoms with E-state index in [1.54, 1.807) is 0 Å². The molecule has 22 heavy (non-hydrogen) atoms. The topological polar surface area (TPSA) is 37.8 Å². The Kier molecular flexibility index (Phi) is 4.19. The van der Waals surface area contributed by atoms with Crippen LogP contribution in [0.5, 0.6) is 0 Å². The fourth-order valence-corrected chi connectivity index (χ4v) is 1.67. The van der Waals surface area contributed by atoms with E-state index in [9.17, 15) is 26.3 Å². The first-order chi connectivity index (χ1) is 10.1. The molecule has 0 bridgehead atoms. The SMILES string of the molecule is FC(F)(F)c1cnc(Nc2ccc(C(F)(F)F)nc2)c(Cl)c1. The number of hydrogen-bond donors (Lipinski definition) is 1. The molecular formula is C12H6ClF6N3. The van der Waals surface area contributed by atoms with Gasteiger partial charge in [-0.2, -0.15) is 26.3 Å². The van der Waals surface area contributed by atoms with Crippen molar-refractivity contribution in [2.45, 2.75) is 12.4 Å². The normalized spacial score (nSPS) is 12.3. The van der Waals surface area contributed by atoms with Crippen molar-refractivity contribution in [2.75, 3.05) is 5.32 Å². The van der Waals surface area contributed by atoms with Crippen molar-refractivity contribution in [3.63, 3.8) is 0 Å². The molecule has 2 heterocycles. The lowest BCUT2D eigenvalue weighted by Crippen LogP contribution is -2.08. The number of pyridine rings is 2. The average molecular weight is 342 g/mol. The van der Waals surface area contributed by atoms with Gasteiger partial charge in [0, 0.05) is 6.20 Å². The van der Waals surface area contributed by atoms with Gasteiger partial charge in [-0.25, -0.2) is 9.97 Å². The standard InChI is InChI=1S/C12H6ClF6N3/c13-8-3-6(11(14,15)16)4-21-10(8)22-7-1-2-9(20-5-7)12(17,18)19/h1-5H,(H,21,22). The van der Waals surface area contributed by atoms with Crippen LogP contribution in [-0.4, -0.2) is 9.97 Å². The summed E-state index contributed by atoms with van der Waals surface area (Å²) in [6.07, 6.45) is -7.74. The van der Waals surface area contributed by atoms with Crippen LogP contribution >= 0.6 is 11.6 Å². The molecule has 2 aromatic heterocycles. The second-order valence-corrected chi connectivity index (χ2v) is 4.51. The van der Waals surface area contributed by atoms with E-state index in [4.69, 9.17) is 11.6 Å². The smallest absolute Gasteiger partial charge is 0.338 e. The molecule has 0 aliphatic carbocycles. The van der Waals surface area contributed by atoms with Gasteiger partial charge in [-0.3, -0.25) is 0 Å². The van der Waals surface area contributed by atoms with Gasteiger partial charge < -0.3 is 5.32 Å². The molecule has 0 aliphatic heterocycles. The fraction of sp³-hybridized carbons (Fsp3) is 0.167. The third-order valence-corrected chi connectivity index (χ3v) is 2.77. The zero-order chi connectivity index (χ0) is 16.5. The largest absolute Gasteiger partial charge is 0.433 e. The summed E-state index contributed by atoms with van der Waals surface area (Å²) < 4.78 is 74.4. The Hall–Kier alpha value is -2.03. The highest BCUT2D eigenvalue weighted by atomic mass is 35.5. The van der Waals surface area contributed by atoms with Crippen LogP contribution in [0.3, 0.4) is 0 Å². The highest BCUT2D eigenvalue weighted by Gasteiger charge is 2.32. The van der Waals surface area contributed by atoms with Crippen LogP contribution in [0, 0.1) is 0 Å². The first kappa shape index (κ1) is 16.3. The molecule has 0 fully saturated rings. The molecule has 0 amide bonds. The summed E-state index contributed by atoms with van der Waals surface area (Å²) in [6, 6.07) is 2.44. The maximum atomic E-state index is 12.4. The van der Waals surface area contributed by atoms with E-state index in [0.717, 1.165) is 18.3 Å². The Labute approximate surface area is 125 Å². The lowest BCUT2D eigenvalue weighted by atomic mass is 10.2. The molecule has 2 aromatic rings. The third-order valence-electron chi connectivity index (χ3n) is 2.49. The second kappa shape index (κ2) is 5.64. The van der Waals surface area contributed by atoms with Crippen LogP contribution in [0.25, 0.3) is 0 Å². The van der Waals surface area contributed by atoms with E-state index in [-0.39, 0.29) is 16.5 Å². The van der Waals surface area contributed by atoms with Crippen molar-refractivity contribution < 1.29 is 26.3 Å². The summed E-state index contributed by atoms with van der Waals surface area (Å²) in [4.78, 5) is 6.69. The average Bonchev–Trinajstić information content (AvgIpc) is 2.39. The minimum Gasteiger partial charge on any atom is -0.338 e. The minimum atomic E-state index is -4.59. The van der Waals surface area contributed by atoms with Crippen molar-refractivity contribution in [2.24, 2.45) is 0 Å². The van der Waals surface area contributed by atoms with Gasteiger partial charge in [0.25, 0.3) is 0 Å². The van der Waals surface area contributed by atoms with E-state index in [1.165, 1.54) is 0 Å². The van der Waals surface area contributed by atoms with Crippen LogP contribution in [-0.2, 0) is 12.4 Å². The summed E-state index contributed by atoms with van der Waals surface area (Å²) in [5, 5.41) is 2.16. The van der Waals surface area contributed by atoms with Crippen LogP contribution in [0.1, 0.15) is 11.3 Å². The zero-order valence-corrected chi connectivity index (χ0v) is 11.2.